The van der Waals surface area contributed by atoms with Gasteiger partial charge in [0.2, 0.25) is 5.91 Å². The van der Waals surface area contributed by atoms with Gasteiger partial charge in [0.25, 0.3) is 0 Å². The first-order valence-corrected chi connectivity index (χ1v) is 13.3. The fourth-order valence-corrected chi connectivity index (χ4v) is 5.25. The summed E-state index contributed by atoms with van der Waals surface area (Å²) in [4.78, 5) is 26.3. The van der Waals surface area contributed by atoms with Gasteiger partial charge in [0.15, 0.2) is 0 Å². The zero-order chi connectivity index (χ0) is 27.5. The van der Waals surface area contributed by atoms with Gasteiger partial charge < -0.3 is 15.2 Å². The smallest absolute Gasteiger partial charge is 0.328 e. The minimum absolute atomic E-state index is 0.132. The maximum atomic E-state index is 13.7. The highest BCUT2D eigenvalue weighted by Gasteiger charge is 2.35. The topological polar surface area (TPSA) is 93.4 Å². The number of rotatable bonds is 7. The third-order valence-corrected chi connectivity index (χ3v) is 7.41. The molecule has 0 bridgehead atoms. The van der Waals surface area contributed by atoms with Gasteiger partial charge in [-0.05, 0) is 68.1 Å². The molecule has 4 aromatic rings. The SMILES string of the molecule is COC(=O)C(Cc1ccc(O)cc1)NC(=O)C1CCCc2c1nn(-c1ccc(C)cc1)c2-c1ccc(Cl)cc1. The van der Waals surface area contributed by atoms with Crippen molar-refractivity contribution in [2.24, 2.45) is 0 Å². The Labute approximate surface area is 232 Å². The number of hydrogen-bond donors (Lipinski definition) is 2. The molecule has 0 radical (unpaired) electrons. The van der Waals surface area contributed by atoms with Crippen LogP contribution in [0.4, 0.5) is 0 Å². The quantitative estimate of drug-likeness (QED) is 0.299. The second-order valence-corrected chi connectivity index (χ2v) is 10.3. The summed E-state index contributed by atoms with van der Waals surface area (Å²) in [5.74, 6) is -1.17. The lowest BCUT2D eigenvalue weighted by atomic mass is 9.85. The van der Waals surface area contributed by atoms with Gasteiger partial charge in [-0.2, -0.15) is 5.10 Å². The van der Waals surface area contributed by atoms with Crippen LogP contribution in [0.2, 0.25) is 5.02 Å². The highest BCUT2D eigenvalue weighted by atomic mass is 35.5. The van der Waals surface area contributed by atoms with Crippen molar-refractivity contribution in [2.45, 2.75) is 44.6 Å². The Morgan fingerprint density at radius 2 is 1.77 bits per heavy atom. The molecule has 39 heavy (non-hydrogen) atoms. The van der Waals surface area contributed by atoms with Crippen LogP contribution in [-0.2, 0) is 27.2 Å². The number of esters is 1. The number of aromatic hydroxyl groups is 1. The molecule has 0 fully saturated rings. The lowest BCUT2D eigenvalue weighted by Gasteiger charge is -2.24. The fourth-order valence-electron chi connectivity index (χ4n) is 5.12. The number of halogens is 1. The number of aromatic nitrogens is 2. The lowest BCUT2D eigenvalue weighted by Crippen LogP contribution is -2.45. The Morgan fingerprint density at radius 3 is 2.44 bits per heavy atom. The Bertz CT molecular complexity index is 1480. The highest BCUT2D eigenvalue weighted by Crippen LogP contribution is 2.39. The van der Waals surface area contributed by atoms with Crippen LogP contribution in [0.15, 0.2) is 72.8 Å². The van der Waals surface area contributed by atoms with Crippen molar-refractivity contribution in [1.29, 1.82) is 0 Å². The molecule has 1 aromatic heterocycles. The number of aryl methyl sites for hydroxylation is 1. The molecule has 2 N–H and O–H groups in total. The number of methoxy groups -OCH3 is 1. The Hall–Kier alpha value is -4.10. The van der Waals surface area contributed by atoms with Crippen molar-refractivity contribution in [3.05, 3.63) is 100 Å². The maximum Gasteiger partial charge on any atom is 0.328 e. The third kappa shape index (κ3) is 5.68. The molecule has 0 saturated carbocycles. The molecule has 2 atom stereocenters. The number of carbonyl (C=O) groups is 2. The first-order chi connectivity index (χ1) is 18.8. The average molecular weight is 544 g/mol. The number of phenolic OH excluding ortho intramolecular Hbond substituents is 1. The second kappa shape index (κ2) is 11.3. The monoisotopic (exact) mass is 543 g/mol. The van der Waals surface area contributed by atoms with Gasteiger partial charge in [-0.1, -0.05) is 53.6 Å². The van der Waals surface area contributed by atoms with E-state index in [0.29, 0.717) is 11.4 Å². The fraction of sp³-hybridized carbons (Fsp3) is 0.258. The van der Waals surface area contributed by atoms with E-state index in [4.69, 9.17) is 21.4 Å². The van der Waals surface area contributed by atoms with Gasteiger partial charge in [-0.25, -0.2) is 9.48 Å². The van der Waals surface area contributed by atoms with Crippen LogP contribution in [0.25, 0.3) is 16.9 Å². The number of benzene rings is 3. The van der Waals surface area contributed by atoms with E-state index < -0.39 is 17.9 Å². The molecular weight excluding hydrogens is 514 g/mol. The molecule has 0 spiro atoms. The average Bonchev–Trinajstić information content (AvgIpc) is 3.34. The number of amides is 1. The number of nitrogens with zero attached hydrogens (tertiary/aromatic N) is 2. The summed E-state index contributed by atoms with van der Waals surface area (Å²) in [6, 6.07) is 21.4. The largest absolute Gasteiger partial charge is 0.508 e. The molecule has 3 aromatic carbocycles. The van der Waals surface area contributed by atoms with Crippen LogP contribution in [0.5, 0.6) is 5.75 Å². The van der Waals surface area contributed by atoms with Crippen molar-refractivity contribution in [1.82, 2.24) is 15.1 Å². The van der Waals surface area contributed by atoms with Gasteiger partial charge in [0.1, 0.15) is 11.8 Å². The summed E-state index contributed by atoms with van der Waals surface area (Å²) >= 11 is 6.18. The van der Waals surface area contributed by atoms with Crippen molar-refractivity contribution in [3.63, 3.8) is 0 Å². The molecule has 7 nitrogen and oxygen atoms in total. The predicted molar refractivity (Wildman–Crippen MR) is 150 cm³/mol. The summed E-state index contributed by atoms with van der Waals surface area (Å²) in [5.41, 5.74) is 6.49. The zero-order valence-corrected chi connectivity index (χ0v) is 22.6. The Kier molecular flexibility index (Phi) is 7.70. The first kappa shape index (κ1) is 26.5. The zero-order valence-electron chi connectivity index (χ0n) is 21.9. The van der Waals surface area contributed by atoms with Crippen LogP contribution < -0.4 is 5.32 Å². The molecule has 1 aliphatic rings. The summed E-state index contributed by atoms with van der Waals surface area (Å²) < 4.78 is 6.90. The van der Waals surface area contributed by atoms with Crippen molar-refractivity contribution in [2.75, 3.05) is 7.11 Å². The molecule has 0 aliphatic heterocycles. The van der Waals surface area contributed by atoms with Crippen LogP contribution in [0, 0.1) is 6.92 Å². The van der Waals surface area contributed by atoms with Crippen LogP contribution in [-0.4, -0.2) is 39.9 Å². The van der Waals surface area contributed by atoms with E-state index in [1.54, 1.807) is 24.3 Å². The van der Waals surface area contributed by atoms with Gasteiger partial charge >= 0.3 is 5.97 Å². The van der Waals surface area contributed by atoms with Crippen molar-refractivity contribution >= 4 is 23.5 Å². The van der Waals surface area contributed by atoms with E-state index in [1.807, 2.05) is 60.1 Å². The lowest BCUT2D eigenvalue weighted by molar-refractivity contribution is -0.145. The van der Waals surface area contributed by atoms with E-state index in [9.17, 15) is 14.7 Å². The molecule has 1 heterocycles. The van der Waals surface area contributed by atoms with Gasteiger partial charge in [0, 0.05) is 22.6 Å². The van der Waals surface area contributed by atoms with Crippen LogP contribution in [0.1, 0.15) is 41.1 Å². The van der Waals surface area contributed by atoms with E-state index in [1.165, 1.54) is 7.11 Å². The molecule has 0 saturated heterocycles. The number of fused-ring (bicyclic) bond motifs is 1. The predicted octanol–water partition coefficient (Wildman–Crippen LogP) is 5.53. The van der Waals surface area contributed by atoms with Crippen LogP contribution in [0.3, 0.4) is 0 Å². The molecule has 1 amide bonds. The van der Waals surface area contributed by atoms with Gasteiger partial charge in [-0.15, -0.1) is 0 Å². The van der Waals surface area contributed by atoms with Crippen molar-refractivity contribution < 1.29 is 19.4 Å². The highest BCUT2D eigenvalue weighted by molar-refractivity contribution is 6.30. The number of ether oxygens (including phenoxy) is 1. The maximum absolute atomic E-state index is 13.7. The Balaban J connectivity index is 1.51. The molecule has 5 rings (SSSR count). The summed E-state index contributed by atoms with van der Waals surface area (Å²) in [7, 11) is 1.30. The second-order valence-electron chi connectivity index (χ2n) is 9.87. The normalized spacial score (nSPS) is 15.3. The number of hydrogen-bond acceptors (Lipinski definition) is 5. The molecule has 1 aliphatic carbocycles. The first-order valence-electron chi connectivity index (χ1n) is 12.9. The van der Waals surface area contributed by atoms with Gasteiger partial charge in [-0.3, -0.25) is 4.79 Å². The standard InChI is InChI=1S/C31H30ClN3O4/c1-19-6-14-23(15-7-19)35-29(21-10-12-22(32)13-11-21)25-4-3-5-26(28(25)34-35)30(37)33-27(31(38)39-2)18-20-8-16-24(36)17-9-20/h6-17,26-27,36H,3-5,18H2,1-2H3,(H,33,37). The minimum atomic E-state index is -0.868. The number of carbonyl (C=O) groups excluding carboxylic acids is 2. The van der Waals surface area contributed by atoms with E-state index in [2.05, 4.69) is 5.32 Å². The Morgan fingerprint density at radius 1 is 1.08 bits per heavy atom. The van der Waals surface area contributed by atoms with Crippen LogP contribution >= 0.6 is 11.6 Å². The van der Waals surface area contributed by atoms with E-state index in [-0.39, 0.29) is 18.1 Å². The summed E-state index contributed by atoms with van der Waals surface area (Å²) in [6.07, 6.45) is 2.46. The summed E-state index contributed by atoms with van der Waals surface area (Å²) in [6.45, 7) is 2.04. The molecular formula is C31H30ClN3O4. The third-order valence-electron chi connectivity index (χ3n) is 7.16. The molecule has 8 heteroatoms. The van der Waals surface area contributed by atoms with Gasteiger partial charge in [0.05, 0.1) is 30.1 Å². The molecule has 200 valence electrons. The number of phenols is 1. The van der Waals surface area contributed by atoms with E-state index in [0.717, 1.165) is 52.2 Å². The minimum Gasteiger partial charge on any atom is -0.508 e. The summed E-state index contributed by atoms with van der Waals surface area (Å²) in [5, 5.41) is 18.2. The molecule has 2 unspecified atom stereocenters. The van der Waals surface area contributed by atoms with E-state index >= 15 is 0 Å². The van der Waals surface area contributed by atoms with Crippen molar-refractivity contribution in [3.8, 4) is 22.7 Å². The number of nitrogens with one attached hydrogen (secondary N) is 1.